The minimum atomic E-state index is -0.387. The average molecular weight is 417 g/mol. The lowest BCUT2D eigenvalue weighted by molar-refractivity contribution is -0.384. The van der Waals surface area contributed by atoms with Gasteiger partial charge >= 0.3 is 0 Å². The summed E-state index contributed by atoms with van der Waals surface area (Å²) in [5, 5.41) is 27.6. The molecule has 32 heavy (non-hydrogen) atoms. The van der Waals surface area contributed by atoms with Crippen LogP contribution in [0.3, 0.4) is 0 Å². The molecule has 0 aromatic heterocycles. The van der Waals surface area contributed by atoms with Gasteiger partial charge in [-0.15, -0.1) is 0 Å². The van der Waals surface area contributed by atoms with E-state index in [0.717, 1.165) is 27.2 Å². The van der Waals surface area contributed by atoms with Crippen molar-refractivity contribution in [2.24, 2.45) is 0 Å². The highest BCUT2D eigenvalue weighted by Gasteiger charge is 2.22. The molecule has 5 nitrogen and oxygen atoms in total. The van der Waals surface area contributed by atoms with Crippen molar-refractivity contribution in [2.45, 2.75) is 0 Å². The second-order valence-electron chi connectivity index (χ2n) is 7.54. The maximum absolute atomic E-state index is 11.9. The third kappa shape index (κ3) is 3.36. The molecule has 0 aliphatic heterocycles. The number of nitrogens with one attached hydrogen (secondary N) is 2. The number of anilines is 2. The number of hydrogen-bond acceptors (Lipinski definition) is 4. The summed E-state index contributed by atoms with van der Waals surface area (Å²) in [7, 11) is 0. The van der Waals surface area contributed by atoms with Crippen LogP contribution in [0.2, 0.25) is 0 Å². The van der Waals surface area contributed by atoms with Crippen LogP contribution in [0, 0.1) is 15.5 Å². The lowest BCUT2D eigenvalue weighted by Crippen LogP contribution is -2.02. The van der Waals surface area contributed by atoms with E-state index in [1.807, 2.05) is 60.7 Å². The van der Waals surface area contributed by atoms with Crippen molar-refractivity contribution in [1.82, 2.24) is 0 Å². The van der Waals surface area contributed by atoms with Crippen molar-refractivity contribution in [3.8, 4) is 11.1 Å². The fraction of sp³-hybridized carbons (Fsp3) is 0. The van der Waals surface area contributed by atoms with Gasteiger partial charge in [-0.25, -0.2) is 0 Å². The summed E-state index contributed by atoms with van der Waals surface area (Å²) in [6.45, 7) is 0. The first-order valence-corrected chi connectivity index (χ1v) is 10.2. The number of benzene rings is 5. The Morgan fingerprint density at radius 3 is 2.22 bits per heavy atom. The fourth-order valence-corrected chi connectivity index (χ4v) is 4.16. The first kappa shape index (κ1) is 19.5. The van der Waals surface area contributed by atoms with Crippen molar-refractivity contribution in [1.29, 1.82) is 5.41 Å². The monoisotopic (exact) mass is 417 g/mol. The van der Waals surface area contributed by atoms with Crippen LogP contribution < -0.4 is 5.32 Å². The van der Waals surface area contributed by atoms with E-state index in [0.29, 0.717) is 22.4 Å². The molecule has 154 valence electrons. The molecule has 5 aromatic rings. The zero-order valence-corrected chi connectivity index (χ0v) is 17.1. The highest BCUT2D eigenvalue weighted by Crippen LogP contribution is 2.39. The van der Waals surface area contributed by atoms with Crippen LogP contribution >= 0.6 is 0 Å². The van der Waals surface area contributed by atoms with Gasteiger partial charge in [-0.1, -0.05) is 66.7 Å². The number of hydrogen-bond donors (Lipinski definition) is 2. The van der Waals surface area contributed by atoms with Crippen LogP contribution in [-0.2, 0) is 0 Å². The largest absolute Gasteiger partial charge is 0.355 e. The van der Waals surface area contributed by atoms with Gasteiger partial charge in [-0.05, 0) is 51.4 Å². The minimum Gasteiger partial charge on any atom is -0.355 e. The molecular formula is C27H19N3O2. The van der Waals surface area contributed by atoms with E-state index in [2.05, 4.69) is 29.6 Å². The molecule has 0 saturated carbocycles. The van der Waals surface area contributed by atoms with Crippen LogP contribution in [0.15, 0.2) is 97.1 Å². The Labute approximate surface area is 184 Å². The van der Waals surface area contributed by atoms with E-state index in [-0.39, 0.29) is 10.6 Å². The lowest BCUT2D eigenvalue weighted by Gasteiger charge is -2.15. The van der Waals surface area contributed by atoms with Gasteiger partial charge in [-0.2, -0.15) is 0 Å². The van der Waals surface area contributed by atoms with E-state index in [9.17, 15) is 10.1 Å². The normalized spacial score (nSPS) is 10.9. The highest BCUT2D eigenvalue weighted by atomic mass is 16.6. The Morgan fingerprint density at radius 2 is 1.47 bits per heavy atom. The average Bonchev–Trinajstić information content (AvgIpc) is 2.83. The summed E-state index contributed by atoms with van der Waals surface area (Å²) >= 11 is 0. The Balaban J connectivity index is 1.76. The molecule has 0 amide bonds. The lowest BCUT2D eigenvalue weighted by atomic mass is 9.93. The van der Waals surface area contributed by atoms with Crippen molar-refractivity contribution >= 4 is 44.8 Å². The second-order valence-corrected chi connectivity index (χ2v) is 7.54. The number of rotatable bonds is 5. The molecule has 0 fully saturated rings. The Kier molecular flexibility index (Phi) is 4.84. The molecule has 5 aromatic carbocycles. The van der Waals surface area contributed by atoms with Crippen molar-refractivity contribution in [3.63, 3.8) is 0 Å². The molecule has 2 N–H and O–H groups in total. The van der Waals surface area contributed by atoms with Gasteiger partial charge < -0.3 is 10.7 Å². The quantitative estimate of drug-likeness (QED) is 0.136. The molecule has 0 radical (unpaired) electrons. The minimum absolute atomic E-state index is 0.0262. The third-order valence-corrected chi connectivity index (χ3v) is 5.65. The SMILES string of the molecule is N=Cc1c(Nc2ccccc2)ccc([N+](=O)[O-])c1-c1ccc2ccc3ccccc3c2c1. The van der Waals surface area contributed by atoms with Crippen LogP contribution in [0.5, 0.6) is 0 Å². The number of para-hydroxylation sites is 1. The highest BCUT2D eigenvalue weighted by molar-refractivity contribution is 6.10. The van der Waals surface area contributed by atoms with Gasteiger partial charge in [0.1, 0.15) is 0 Å². The zero-order valence-electron chi connectivity index (χ0n) is 17.1. The van der Waals surface area contributed by atoms with Gasteiger partial charge in [0.25, 0.3) is 5.69 Å². The summed E-state index contributed by atoms with van der Waals surface area (Å²) in [5.41, 5.74) is 3.07. The van der Waals surface area contributed by atoms with Gasteiger partial charge in [0, 0.05) is 29.2 Å². The second kappa shape index (κ2) is 7.96. The van der Waals surface area contributed by atoms with Crippen LogP contribution in [0.1, 0.15) is 5.56 Å². The van der Waals surface area contributed by atoms with Crippen molar-refractivity contribution in [2.75, 3.05) is 5.32 Å². The van der Waals surface area contributed by atoms with Gasteiger partial charge in [0.15, 0.2) is 0 Å². The Morgan fingerprint density at radius 1 is 0.781 bits per heavy atom. The summed E-state index contributed by atoms with van der Waals surface area (Å²) in [5.74, 6) is 0. The van der Waals surface area contributed by atoms with E-state index in [1.54, 1.807) is 6.07 Å². The number of nitrogens with zero attached hydrogens (tertiary/aromatic N) is 1. The summed E-state index contributed by atoms with van der Waals surface area (Å²) in [6.07, 6.45) is 1.18. The molecule has 5 heteroatoms. The standard InChI is InChI=1S/C27H19N3O2/c28-17-24-25(29-21-7-2-1-3-8-21)14-15-26(30(31)32)27(24)20-13-12-19-11-10-18-6-4-5-9-22(18)23(19)16-20/h1-17,28-29H. The molecule has 5 rings (SSSR count). The molecule has 0 aliphatic rings. The van der Waals surface area contributed by atoms with E-state index < -0.39 is 0 Å². The topological polar surface area (TPSA) is 79.0 Å². The first-order valence-electron chi connectivity index (χ1n) is 10.2. The molecule has 0 atom stereocenters. The molecule has 0 unspecified atom stereocenters. The van der Waals surface area contributed by atoms with Gasteiger partial charge in [0.2, 0.25) is 0 Å². The number of nitro groups is 1. The Hall–Kier alpha value is -4.51. The maximum Gasteiger partial charge on any atom is 0.278 e. The maximum atomic E-state index is 11.9. The molecule has 0 heterocycles. The fourth-order valence-electron chi connectivity index (χ4n) is 4.16. The van der Waals surface area contributed by atoms with Gasteiger partial charge in [-0.3, -0.25) is 10.1 Å². The van der Waals surface area contributed by atoms with Crippen LogP contribution in [-0.4, -0.2) is 11.1 Å². The van der Waals surface area contributed by atoms with Crippen LogP contribution in [0.4, 0.5) is 17.1 Å². The van der Waals surface area contributed by atoms with Crippen molar-refractivity contribution in [3.05, 3.63) is 113 Å². The predicted octanol–water partition coefficient (Wildman–Crippen LogP) is 7.31. The molecule has 0 spiro atoms. The van der Waals surface area contributed by atoms with Crippen molar-refractivity contribution < 1.29 is 4.92 Å². The summed E-state index contributed by atoms with van der Waals surface area (Å²) in [4.78, 5) is 11.5. The van der Waals surface area contributed by atoms with Crippen LogP contribution in [0.25, 0.3) is 32.7 Å². The third-order valence-electron chi connectivity index (χ3n) is 5.65. The smallest absolute Gasteiger partial charge is 0.278 e. The zero-order chi connectivity index (χ0) is 22.1. The molecule has 0 bridgehead atoms. The van der Waals surface area contributed by atoms with Gasteiger partial charge in [0.05, 0.1) is 10.5 Å². The number of fused-ring (bicyclic) bond motifs is 3. The molecule has 0 saturated heterocycles. The number of nitro benzene ring substituents is 1. The molecule has 0 aliphatic carbocycles. The van der Waals surface area contributed by atoms with E-state index in [4.69, 9.17) is 5.41 Å². The van der Waals surface area contributed by atoms with E-state index >= 15 is 0 Å². The summed E-state index contributed by atoms with van der Waals surface area (Å²) in [6, 6.07) is 30.8. The first-order chi connectivity index (χ1) is 15.7. The predicted molar refractivity (Wildman–Crippen MR) is 131 cm³/mol. The van der Waals surface area contributed by atoms with E-state index in [1.165, 1.54) is 12.3 Å². The molecular weight excluding hydrogens is 398 g/mol. The summed E-state index contributed by atoms with van der Waals surface area (Å²) < 4.78 is 0. The Bertz CT molecular complexity index is 1490.